The Bertz CT molecular complexity index is 999. The first-order chi connectivity index (χ1) is 12.7. The number of benzene rings is 2. The van der Waals surface area contributed by atoms with Crippen molar-refractivity contribution in [2.45, 2.75) is 13.0 Å². The first-order valence-corrected chi connectivity index (χ1v) is 8.92. The number of thiazole rings is 1. The molecule has 0 spiro atoms. The molecule has 0 saturated carbocycles. The zero-order chi connectivity index (χ0) is 17.9. The molecule has 1 N–H and O–H groups in total. The number of anilines is 1. The van der Waals surface area contributed by atoms with Crippen molar-refractivity contribution in [3.05, 3.63) is 67.3 Å². The number of para-hydroxylation sites is 1. The maximum atomic E-state index is 12.4. The van der Waals surface area contributed by atoms with E-state index in [0.29, 0.717) is 10.9 Å². The zero-order valence-electron chi connectivity index (χ0n) is 14.0. The van der Waals surface area contributed by atoms with Gasteiger partial charge in [0.25, 0.3) is 5.91 Å². The lowest BCUT2D eigenvalue weighted by Crippen LogP contribution is -2.30. The third-order valence-electron chi connectivity index (χ3n) is 3.85. The second kappa shape index (κ2) is 6.97. The van der Waals surface area contributed by atoms with Crippen molar-refractivity contribution in [1.82, 2.24) is 14.5 Å². The smallest absolute Gasteiger partial charge is 0.266 e. The standard InChI is InChI=1S/C19H16N4O2S.H2/c1-13(18(24)22-19-21-16-4-2-3-5-17(16)26-19)25-15-8-6-14(7-9-15)23-11-10-20-12-23;/h2-13H,1H3,(H,21,22,24);1H. The van der Waals surface area contributed by atoms with Crippen molar-refractivity contribution in [3.63, 3.8) is 0 Å². The molecule has 2 heterocycles. The molecule has 0 aliphatic carbocycles. The van der Waals surface area contributed by atoms with Gasteiger partial charge in [-0.05, 0) is 43.3 Å². The summed E-state index contributed by atoms with van der Waals surface area (Å²) in [6.45, 7) is 1.71. The highest BCUT2D eigenvalue weighted by Gasteiger charge is 2.16. The van der Waals surface area contributed by atoms with Gasteiger partial charge in [-0.25, -0.2) is 9.97 Å². The third-order valence-corrected chi connectivity index (χ3v) is 4.80. The Kier molecular flexibility index (Phi) is 4.37. The Hall–Kier alpha value is -3.19. The molecule has 0 aliphatic heterocycles. The Morgan fingerprint density at radius 3 is 2.77 bits per heavy atom. The van der Waals surface area contributed by atoms with E-state index in [1.807, 2.05) is 59.3 Å². The maximum Gasteiger partial charge on any atom is 0.266 e. The van der Waals surface area contributed by atoms with Crippen LogP contribution in [0.25, 0.3) is 15.9 Å². The summed E-state index contributed by atoms with van der Waals surface area (Å²) in [5.74, 6) is 0.392. The van der Waals surface area contributed by atoms with E-state index in [-0.39, 0.29) is 7.33 Å². The molecule has 0 aliphatic rings. The monoisotopic (exact) mass is 366 g/mol. The Balaban J connectivity index is 0.00000210. The summed E-state index contributed by atoms with van der Waals surface area (Å²) in [4.78, 5) is 20.8. The molecule has 1 amide bonds. The number of amides is 1. The number of fused-ring (bicyclic) bond motifs is 1. The van der Waals surface area contributed by atoms with Gasteiger partial charge < -0.3 is 9.30 Å². The van der Waals surface area contributed by atoms with Crippen LogP contribution < -0.4 is 10.1 Å². The third kappa shape index (κ3) is 3.43. The molecule has 0 bridgehead atoms. The van der Waals surface area contributed by atoms with Crippen molar-refractivity contribution in [1.29, 1.82) is 0 Å². The normalized spacial score (nSPS) is 12.0. The summed E-state index contributed by atoms with van der Waals surface area (Å²) in [5, 5.41) is 3.39. The molecule has 0 saturated heterocycles. The van der Waals surface area contributed by atoms with Gasteiger partial charge in [-0.3, -0.25) is 10.1 Å². The number of nitrogens with zero attached hydrogens (tertiary/aromatic N) is 3. The van der Waals surface area contributed by atoms with Crippen LogP contribution in [0.15, 0.2) is 67.3 Å². The molecular formula is C19H18N4O2S. The first-order valence-electron chi connectivity index (χ1n) is 8.10. The number of rotatable bonds is 5. The van der Waals surface area contributed by atoms with Gasteiger partial charge in [0.05, 0.1) is 16.5 Å². The number of aromatic nitrogens is 3. The molecule has 132 valence electrons. The molecule has 4 aromatic rings. The van der Waals surface area contributed by atoms with E-state index in [9.17, 15) is 4.79 Å². The summed E-state index contributed by atoms with van der Waals surface area (Å²) in [7, 11) is 0. The van der Waals surface area contributed by atoms with E-state index in [2.05, 4.69) is 15.3 Å². The van der Waals surface area contributed by atoms with Gasteiger partial charge in [-0.15, -0.1) is 0 Å². The van der Waals surface area contributed by atoms with Crippen LogP contribution in [0.1, 0.15) is 8.35 Å². The average molecular weight is 366 g/mol. The van der Waals surface area contributed by atoms with Gasteiger partial charge in [0.15, 0.2) is 11.2 Å². The van der Waals surface area contributed by atoms with Gasteiger partial charge in [0.2, 0.25) is 0 Å². The number of carbonyl (C=O) groups excluding carboxylic acids is 1. The lowest BCUT2D eigenvalue weighted by molar-refractivity contribution is -0.122. The molecule has 6 nitrogen and oxygen atoms in total. The van der Waals surface area contributed by atoms with E-state index >= 15 is 0 Å². The molecule has 1 unspecified atom stereocenters. The van der Waals surface area contributed by atoms with Gasteiger partial charge in [-0.2, -0.15) is 0 Å². The molecule has 7 heteroatoms. The van der Waals surface area contributed by atoms with E-state index in [0.717, 1.165) is 15.9 Å². The van der Waals surface area contributed by atoms with Crippen LogP contribution in [0, 0.1) is 0 Å². The van der Waals surface area contributed by atoms with E-state index < -0.39 is 6.10 Å². The number of carbonyl (C=O) groups is 1. The van der Waals surface area contributed by atoms with Crippen LogP contribution in [-0.4, -0.2) is 26.5 Å². The van der Waals surface area contributed by atoms with Crippen molar-refractivity contribution in [3.8, 4) is 11.4 Å². The predicted molar refractivity (Wildman–Crippen MR) is 104 cm³/mol. The SMILES string of the molecule is CC(Oc1ccc(-n2ccnc2)cc1)C(=O)Nc1nc2ccccc2s1.[HH]. The molecule has 2 aromatic carbocycles. The Labute approximate surface area is 155 Å². The molecule has 26 heavy (non-hydrogen) atoms. The molecule has 4 rings (SSSR count). The lowest BCUT2D eigenvalue weighted by Gasteiger charge is -2.14. The largest absolute Gasteiger partial charge is 0.481 e. The maximum absolute atomic E-state index is 12.4. The zero-order valence-corrected chi connectivity index (χ0v) is 14.8. The van der Waals surface area contributed by atoms with Crippen LogP contribution in [0.2, 0.25) is 0 Å². The topological polar surface area (TPSA) is 69.0 Å². The van der Waals surface area contributed by atoms with Gasteiger partial charge in [0.1, 0.15) is 5.75 Å². The highest BCUT2D eigenvalue weighted by atomic mass is 32.1. The minimum absolute atomic E-state index is 0. The minimum atomic E-state index is -0.638. The second-order valence-corrected chi connectivity index (χ2v) is 6.73. The number of ether oxygens (including phenoxy) is 1. The number of imidazole rings is 1. The second-order valence-electron chi connectivity index (χ2n) is 5.70. The van der Waals surface area contributed by atoms with Crippen LogP contribution in [0.5, 0.6) is 5.75 Å². The van der Waals surface area contributed by atoms with E-state index in [1.165, 1.54) is 11.3 Å². The minimum Gasteiger partial charge on any atom is -0.481 e. The number of hydrogen-bond donors (Lipinski definition) is 1. The molecular weight excluding hydrogens is 348 g/mol. The van der Waals surface area contributed by atoms with Crippen molar-refractivity contribution >= 4 is 32.6 Å². The molecule has 2 aromatic heterocycles. The fraction of sp³-hybridized carbons (Fsp3) is 0.105. The number of hydrogen-bond acceptors (Lipinski definition) is 5. The van der Waals surface area contributed by atoms with Crippen molar-refractivity contribution in [2.75, 3.05) is 5.32 Å². The number of nitrogens with one attached hydrogen (secondary N) is 1. The Morgan fingerprint density at radius 2 is 2.04 bits per heavy atom. The summed E-state index contributed by atoms with van der Waals surface area (Å²) in [6.07, 6.45) is 4.67. The quantitative estimate of drug-likeness (QED) is 0.576. The van der Waals surface area contributed by atoms with Crippen molar-refractivity contribution in [2.24, 2.45) is 0 Å². The molecule has 0 radical (unpaired) electrons. The van der Waals surface area contributed by atoms with Crippen LogP contribution in [0.4, 0.5) is 5.13 Å². The van der Waals surface area contributed by atoms with Gasteiger partial charge >= 0.3 is 0 Å². The average Bonchev–Trinajstić information content (AvgIpc) is 3.31. The van der Waals surface area contributed by atoms with Crippen LogP contribution in [0.3, 0.4) is 0 Å². The summed E-state index contributed by atoms with van der Waals surface area (Å²) in [6, 6.07) is 15.3. The molecule has 0 fully saturated rings. The highest BCUT2D eigenvalue weighted by Crippen LogP contribution is 2.25. The van der Waals surface area contributed by atoms with Crippen molar-refractivity contribution < 1.29 is 11.0 Å². The summed E-state index contributed by atoms with van der Waals surface area (Å²) in [5.41, 5.74) is 1.85. The van der Waals surface area contributed by atoms with Crippen LogP contribution in [-0.2, 0) is 4.79 Å². The lowest BCUT2D eigenvalue weighted by atomic mass is 10.3. The summed E-state index contributed by atoms with van der Waals surface area (Å²) >= 11 is 1.44. The molecule has 1 atom stereocenters. The van der Waals surface area contributed by atoms with Gasteiger partial charge in [-0.1, -0.05) is 23.5 Å². The fourth-order valence-electron chi connectivity index (χ4n) is 2.50. The predicted octanol–water partition coefficient (Wildman–Crippen LogP) is 4.13. The summed E-state index contributed by atoms with van der Waals surface area (Å²) < 4.78 is 8.66. The van der Waals surface area contributed by atoms with E-state index in [4.69, 9.17) is 4.74 Å². The van der Waals surface area contributed by atoms with Gasteiger partial charge in [0, 0.05) is 19.5 Å². The fourth-order valence-corrected chi connectivity index (χ4v) is 3.37. The Morgan fingerprint density at radius 1 is 1.23 bits per heavy atom. The highest BCUT2D eigenvalue weighted by molar-refractivity contribution is 7.22. The first kappa shape index (κ1) is 16.3. The van der Waals surface area contributed by atoms with Crippen LogP contribution >= 0.6 is 11.3 Å². The van der Waals surface area contributed by atoms with E-state index in [1.54, 1.807) is 19.4 Å².